The highest BCUT2D eigenvalue weighted by Crippen LogP contribution is 2.21. The number of rotatable bonds is 4. The number of carbonyl (C=O) groups is 1. The molecule has 0 bridgehead atoms. The number of amides is 1. The van der Waals surface area contributed by atoms with Crippen molar-refractivity contribution in [2.45, 2.75) is 12.8 Å². The molecular formula is C21H28N6O. The highest BCUT2D eigenvalue weighted by Gasteiger charge is 2.24. The summed E-state index contributed by atoms with van der Waals surface area (Å²) in [5.41, 5.74) is 1.79. The molecule has 0 N–H and O–H groups in total. The van der Waals surface area contributed by atoms with Crippen molar-refractivity contribution in [2.24, 2.45) is 0 Å². The molecule has 0 atom stereocenters. The Morgan fingerprint density at radius 2 is 1.71 bits per heavy atom. The summed E-state index contributed by atoms with van der Waals surface area (Å²) < 4.78 is 0. The van der Waals surface area contributed by atoms with E-state index in [9.17, 15) is 4.79 Å². The minimum Gasteiger partial charge on any atom is -0.378 e. The quantitative estimate of drug-likeness (QED) is 0.810. The molecule has 7 nitrogen and oxygen atoms in total. The van der Waals surface area contributed by atoms with Gasteiger partial charge in [0.15, 0.2) is 0 Å². The largest absolute Gasteiger partial charge is 0.378 e. The van der Waals surface area contributed by atoms with Crippen LogP contribution >= 0.6 is 0 Å². The van der Waals surface area contributed by atoms with E-state index < -0.39 is 0 Å². The van der Waals surface area contributed by atoms with Crippen molar-refractivity contribution in [1.29, 1.82) is 0 Å². The normalized spacial score (nSPS) is 17.1. The number of hydrogen-bond donors (Lipinski definition) is 0. The van der Waals surface area contributed by atoms with Crippen molar-refractivity contribution >= 4 is 23.4 Å². The smallest absolute Gasteiger partial charge is 0.254 e. The first-order chi connectivity index (χ1) is 13.6. The van der Waals surface area contributed by atoms with Crippen molar-refractivity contribution in [2.75, 3.05) is 68.1 Å². The summed E-state index contributed by atoms with van der Waals surface area (Å²) in [6, 6.07) is 9.79. The highest BCUT2D eigenvalue weighted by atomic mass is 16.2. The molecule has 2 saturated heterocycles. The van der Waals surface area contributed by atoms with Gasteiger partial charge in [0.25, 0.3) is 5.91 Å². The van der Waals surface area contributed by atoms with E-state index in [-0.39, 0.29) is 5.91 Å². The summed E-state index contributed by atoms with van der Waals surface area (Å²) >= 11 is 0. The predicted octanol–water partition coefficient (Wildman–Crippen LogP) is 2.11. The number of nitrogens with zero attached hydrogens (tertiary/aromatic N) is 6. The molecule has 0 spiro atoms. The maximum Gasteiger partial charge on any atom is 0.254 e. The fourth-order valence-electron chi connectivity index (χ4n) is 3.82. The molecule has 1 amide bonds. The molecular weight excluding hydrogens is 352 g/mol. The van der Waals surface area contributed by atoms with Crippen LogP contribution in [0, 0.1) is 0 Å². The van der Waals surface area contributed by atoms with Crippen LogP contribution in [0.4, 0.5) is 17.5 Å². The SMILES string of the molecule is CN(C)c1cccc(C(=O)N2CCN(c3ccnc(N4CCCC4)n3)CC2)c1. The zero-order valence-electron chi connectivity index (χ0n) is 16.7. The topological polar surface area (TPSA) is 55.8 Å². The zero-order chi connectivity index (χ0) is 19.5. The van der Waals surface area contributed by atoms with E-state index in [1.807, 2.05) is 60.4 Å². The third-order valence-electron chi connectivity index (χ3n) is 5.52. The van der Waals surface area contributed by atoms with Crippen LogP contribution in [-0.4, -0.2) is 74.1 Å². The van der Waals surface area contributed by atoms with E-state index in [4.69, 9.17) is 4.98 Å². The lowest BCUT2D eigenvalue weighted by molar-refractivity contribution is 0.0746. The van der Waals surface area contributed by atoms with E-state index in [0.29, 0.717) is 13.1 Å². The van der Waals surface area contributed by atoms with Gasteiger partial charge in [0, 0.05) is 70.8 Å². The zero-order valence-corrected chi connectivity index (χ0v) is 16.7. The van der Waals surface area contributed by atoms with Gasteiger partial charge in [-0.2, -0.15) is 4.98 Å². The van der Waals surface area contributed by atoms with Crippen LogP contribution in [0.15, 0.2) is 36.5 Å². The van der Waals surface area contributed by atoms with Crippen molar-refractivity contribution in [3.05, 3.63) is 42.1 Å². The van der Waals surface area contributed by atoms with Crippen molar-refractivity contribution in [3.63, 3.8) is 0 Å². The van der Waals surface area contributed by atoms with Gasteiger partial charge in [-0.05, 0) is 37.1 Å². The van der Waals surface area contributed by atoms with Crippen LogP contribution in [0.5, 0.6) is 0 Å². The highest BCUT2D eigenvalue weighted by molar-refractivity contribution is 5.95. The maximum atomic E-state index is 12.9. The lowest BCUT2D eigenvalue weighted by Gasteiger charge is -2.35. The molecule has 2 aliphatic heterocycles. The fraction of sp³-hybridized carbons (Fsp3) is 0.476. The first-order valence-corrected chi connectivity index (χ1v) is 10.0. The molecule has 7 heteroatoms. The number of carbonyl (C=O) groups excluding carboxylic acids is 1. The van der Waals surface area contributed by atoms with E-state index in [2.05, 4.69) is 14.8 Å². The molecule has 2 fully saturated rings. The monoisotopic (exact) mass is 380 g/mol. The van der Waals surface area contributed by atoms with Crippen LogP contribution in [0.2, 0.25) is 0 Å². The third kappa shape index (κ3) is 3.88. The number of piperazine rings is 1. The summed E-state index contributed by atoms with van der Waals surface area (Å²) in [4.78, 5) is 30.6. The second kappa shape index (κ2) is 8.04. The van der Waals surface area contributed by atoms with Gasteiger partial charge < -0.3 is 19.6 Å². The van der Waals surface area contributed by atoms with Gasteiger partial charge in [-0.3, -0.25) is 4.79 Å². The van der Waals surface area contributed by atoms with Crippen LogP contribution in [-0.2, 0) is 0 Å². The Kier molecular flexibility index (Phi) is 5.32. The molecule has 3 heterocycles. The van der Waals surface area contributed by atoms with Gasteiger partial charge in [-0.25, -0.2) is 4.98 Å². The summed E-state index contributed by atoms with van der Waals surface area (Å²) in [5, 5.41) is 0. The van der Waals surface area contributed by atoms with Gasteiger partial charge in [0.2, 0.25) is 5.95 Å². The van der Waals surface area contributed by atoms with Gasteiger partial charge in [-0.15, -0.1) is 0 Å². The summed E-state index contributed by atoms with van der Waals surface area (Å²) in [6.07, 6.45) is 4.27. The molecule has 0 saturated carbocycles. The summed E-state index contributed by atoms with van der Waals surface area (Å²) in [5.74, 6) is 1.89. The second-order valence-electron chi connectivity index (χ2n) is 7.63. The lowest BCUT2D eigenvalue weighted by Crippen LogP contribution is -2.49. The third-order valence-corrected chi connectivity index (χ3v) is 5.52. The number of hydrogen-bond acceptors (Lipinski definition) is 6. The molecule has 0 unspecified atom stereocenters. The molecule has 0 radical (unpaired) electrons. The number of aromatic nitrogens is 2. The van der Waals surface area contributed by atoms with Crippen LogP contribution < -0.4 is 14.7 Å². The van der Waals surface area contributed by atoms with Crippen LogP contribution in [0.3, 0.4) is 0 Å². The van der Waals surface area contributed by atoms with Gasteiger partial charge in [0.05, 0.1) is 0 Å². The molecule has 1 aromatic heterocycles. The standard InChI is InChI=1S/C21H28N6O/c1-24(2)18-7-5-6-17(16-18)20(28)26-14-12-25(13-15-26)19-8-9-22-21(23-19)27-10-3-4-11-27/h5-9,16H,3-4,10-15H2,1-2H3. The summed E-state index contributed by atoms with van der Waals surface area (Å²) in [6.45, 7) is 5.06. The van der Waals surface area contributed by atoms with Crippen molar-refractivity contribution in [3.8, 4) is 0 Å². The Balaban J connectivity index is 1.40. The van der Waals surface area contributed by atoms with Crippen LogP contribution in [0.25, 0.3) is 0 Å². The van der Waals surface area contributed by atoms with Crippen molar-refractivity contribution < 1.29 is 4.79 Å². The predicted molar refractivity (Wildman–Crippen MR) is 112 cm³/mol. The molecule has 4 rings (SSSR count). The van der Waals surface area contributed by atoms with Crippen LogP contribution in [0.1, 0.15) is 23.2 Å². The maximum absolute atomic E-state index is 12.9. The molecule has 2 aromatic rings. The van der Waals surface area contributed by atoms with Crippen molar-refractivity contribution in [1.82, 2.24) is 14.9 Å². The molecule has 1 aromatic carbocycles. The first-order valence-electron chi connectivity index (χ1n) is 10.0. The number of anilines is 3. The van der Waals surface area contributed by atoms with E-state index in [0.717, 1.165) is 49.2 Å². The minimum atomic E-state index is 0.101. The average Bonchev–Trinajstić information content (AvgIpc) is 3.28. The summed E-state index contributed by atoms with van der Waals surface area (Å²) in [7, 11) is 3.97. The molecule has 2 aliphatic rings. The number of benzene rings is 1. The van der Waals surface area contributed by atoms with E-state index in [1.54, 1.807) is 0 Å². The Morgan fingerprint density at radius 1 is 0.964 bits per heavy atom. The molecule has 28 heavy (non-hydrogen) atoms. The Labute approximate surface area is 166 Å². The average molecular weight is 380 g/mol. The second-order valence-corrected chi connectivity index (χ2v) is 7.63. The minimum absolute atomic E-state index is 0.101. The molecule has 148 valence electrons. The Morgan fingerprint density at radius 3 is 2.43 bits per heavy atom. The first kappa shape index (κ1) is 18.5. The Bertz CT molecular complexity index is 825. The Hall–Kier alpha value is -2.83. The van der Waals surface area contributed by atoms with E-state index >= 15 is 0 Å². The fourth-order valence-corrected chi connectivity index (χ4v) is 3.82. The molecule has 0 aliphatic carbocycles. The van der Waals surface area contributed by atoms with Gasteiger partial charge in [-0.1, -0.05) is 6.07 Å². The van der Waals surface area contributed by atoms with E-state index in [1.165, 1.54) is 12.8 Å². The van der Waals surface area contributed by atoms with Gasteiger partial charge >= 0.3 is 0 Å². The van der Waals surface area contributed by atoms with Gasteiger partial charge in [0.1, 0.15) is 5.82 Å². The lowest BCUT2D eigenvalue weighted by atomic mass is 10.1.